The maximum absolute atomic E-state index is 11.3. The quantitative estimate of drug-likeness (QED) is 0.623. The topological polar surface area (TPSA) is 66.9 Å². The van der Waals surface area contributed by atoms with Crippen LogP contribution in [0, 0.1) is 6.92 Å². The Morgan fingerprint density at radius 3 is 2.28 bits per heavy atom. The number of nitrogens with one attached hydrogen (secondary N) is 2. The molecule has 0 fully saturated rings. The van der Waals surface area contributed by atoms with Gasteiger partial charge in [0.1, 0.15) is 18.0 Å². The van der Waals surface area contributed by atoms with Gasteiger partial charge in [0, 0.05) is 28.0 Å². The number of anilines is 4. The largest absolute Gasteiger partial charge is 0.340 e. The number of benzene rings is 2. The van der Waals surface area contributed by atoms with Crippen LogP contribution in [0.25, 0.3) is 0 Å². The Hall–Kier alpha value is -2.92. The maximum Gasteiger partial charge on any atom is 0.159 e. The Kier molecular flexibility index (Phi) is 4.95. The fourth-order valence-corrected chi connectivity index (χ4v) is 2.56. The highest BCUT2D eigenvalue weighted by molar-refractivity contribution is 6.30. The fourth-order valence-electron chi connectivity index (χ4n) is 2.34. The average Bonchev–Trinajstić information content (AvgIpc) is 2.58. The second-order valence-electron chi connectivity index (χ2n) is 5.63. The Balaban J connectivity index is 1.76. The summed E-state index contributed by atoms with van der Waals surface area (Å²) in [5.74, 6) is 1.36. The van der Waals surface area contributed by atoms with Gasteiger partial charge in [-0.3, -0.25) is 4.79 Å². The van der Waals surface area contributed by atoms with Crippen molar-refractivity contribution in [2.75, 3.05) is 10.6 Å². The van der Waals surface area contributed by atoms with Crippen molar-refractivity contribution in [3.05, 3.63) is 71.0 Å². The summed E-state index contributed by atoms with van der Waals surface area (Å²) in [7, 11) is 0. The molecule has 0 saturated heterocycles. The summed E-state index contributed by atoms with van der Waals surface area (Å²) >= 11 is 5.98. The highest BCUT2D eigenvalue weighted by Crippen LogP contribution is 2.24. The van der Waals surface area contributed by atoms with Crippen molar-refractivity contribution in [1.29, 1.82) is 0 Å². The summed E-state index contributed by atoms with van der Waals surface area (Å²) in [6.07, 6.45) is 1.49. The van der Waals surface area contributed by atoms with E-state index < -0.39 is 0 Å². The lowest BCUT2D eigenvalue weighted by Crippen LogP contribution is -2.00. The van der Waals surface area contributed by atoms with Crippen molar-refractivity contribution >= 4 is 40.4 Å². The number of rotatable bonds is 5. The zero-order chi connectivity index (χ0) is 17.8. The molecule has 5 nitrogen and oxygen atoms in total. The first kappa shape index (κ1) is 16.9. The molecular formula is C19H17ClN4O. The summed E-state index contributed by atoms with van der Waals surface area (Å²) in [5, 5.41) is 7.15. The monoisotopic (exact) mass is 352 g/mol. The van der Waals surface area contributed by atoms with Gasteiger partial charge in [0.2, 0.25) is 0 Å². The first-order chi connectivity index (χ1) is 12.0. The third kappa shape index (κ3) is 4.33. The van der Waals surface area contributed by atoms with Crippen molar-refractivity contribution in [2.45, 2.75) is 13.8 Å². The van der Waals surface area contributed by atoms with Crippen molar-refractivity contribution in [2.24, 2.45) is 0 Å². The number of aromatic nitrogens is 2. The van der Waals surface area contributed by atoms with Gasteiger partial charge in [0.15, 0.2) is 5.78 Å². The lowest BCUT2D eigenvalue weighted by Gasteiger charge is -2.11. The molecule has 0 amide bonds. The van der Waals surface area contributed by atoms with Gasteiger partial charge >= 0.3 is 0 Å². The third-order valence-electron chi connectivity index (χ3n) is 3.68. The number of nitrogens with zero attached hydrogens (tertiary/aromatic N) is 2. The SMILES string of the molecule is CC(=O)c1ccc(Nc2cc(Nc3ccc(Cl)cc3C)ncn2)cc1. The van der Waals surface area contributed by atoms with E-state index in [1.807, 2.05) is 43.3 Å². The summed E-state index contributed by atoms with van der Waals surface area (Å²) < 4.78 is 0. The Morgan fingerprint density at radius 1 is 0.960 bits per heavy atom. The molecule has 0 aliphatic carbocycles. The Morgan fingerprint density at radius 2 is 1.64 bits per heavy atom. The van der Waals surface area contributed by atoms with Crippen LogP contribution in [-0.4, -0.2) is 15.8 Å². The fraction of sp³-hybridized carbons (Fsp3) is 0.105. The Bertz CT molecular complexity index is 910. The predicted octanol–water partition coefficient (Wildman–Crippen LogP) is 5.13. The van der Waals surface area contributed by atoms with Crippen molar-refractivity contribution in [1.82, 2.24) is 9.97 Å². The molecular weight excluding hydrogens is 336 g/mol. The number of carbonyl (C=O) groups is 1. The number of hydrogen-bond donors (Lipinski definition) is 2. The zero-order valence-corrected chi connectivity index (χ0v) is 14.6. The molecule has 0 saturated carbocycles. The number of hydrogen-bond acceptors (Lipinski definition) is 5. The number of halogens is 1. The van der Waals surface area contributed by atoms with Crippen LogP contribution < -0.4 is 10.6 Å². The normalized spacial score (nSPS) is 10.4. The van der Waals surface area contributed by atoms with Crippen LogP contribution in [0.5, 0.6) is 0 Å². The molecule has 0 radical (unpaired) electrons. The van der Waals surface area contributed by atoms with E-state index in [2.05, 4.69) is 20.6 Å². The summed E-state index contributed by atoms with van der Waals surface area (Å²) in [6, 6.07) is 14.7. The van der Waals surface area contributed by atoms with E-state index in [-0.39, 0.29) is 5.78 Å². The summed E-state index contributed by atoms with van der Waals surface area (Å²) in [4.78, 5) is 19.8. The van der Waals surface area contributed by atoms with E-state index in [0.29, 0.717) is 22.2 Å². The van der Waals surface area contributed by atoms with Gasteiger partial charge in [-0.1, -0.05) is 11.6 Å². The molecule has 2 N–H and O–H groups in total. The van der Waals surface area contributed by atoms with Gasteiger partial charge in [-0.05, 0) is 61.9 Å². The smallest absolute Gasteiger partial charge is 0.159 e. The predicted molar refractivity (Wildman–Crippen MR) is 101 cm³/mol. The van der Waals surface area contributed by atoms with Crippen LogP contribution in [-0.2, 0) is 0 Å². The highest BCUT2D eigenvalue weighted by Gasteiger charge is 2.04. The minimum Gasteiger partial charge on any atom is -0.340 e. The number of carbonyl (C=O) groups excluding carboxylic acids is 1. The molecule has 0 bridgehead atoms. The number of aryl methyl sites for hydroxylation is 1. The molecule has 6 heteroatoms. The van der Waals surface area contributed by atoms with E-state index in [9.17, 15) is 4.79 Å². The van der Waals surface area contributed by atoms with E-state index in [4.69, 9.17) is 11.6 Å². The maximum atomic E-state index is 11.3. The molecule has 0 spiro atoms. The molecule has 3 aromatic rings. The van der Waals surface area contributed by atoms with Gasteiger partial charge in [0.05, 0.1) is 0 Å². The third-order valence-corrected chi connectivity index (χ3v) is 3.92. The van der Waals surface area contributed by atoms with Gasteiger partial charge in [0.25, 0.3) is 0 Å². The molecule has 3 rings (SSSR count). The van der Waals surface area contributed by atoms with Crippen molar-refractivity contribution < 1.29 is 4.79 Å². The average molecular weight is 353 g/mol. The van der Waals surface area contributed by atoms with E-state index >= 15 is 0 Å². The van der Waals surface area contributed by atoms with E-state index in [0.717, 1.165) is 16.9 Å². The standard InChI is InChI=1S/C19H17ClN4O/c1-12-9-15(20)5-8-17(12)24-19-10-18(21-11-22-19)23-16-6-3-14(4-7-16)13(2)25/h3-11H,1-2H3,(H2,21,22,23,24). The van der Waals surface area contributed by atoms with Crippen LogP contribution in [0.1, 0.15) is 22.8 Å². The molecule has 25 heavy (non-hydrogen) atoms. The lowest BCUT2D eigenvalue weighted by molar-refractivity contribution is 0.101. The zero-order valence-electron chi connectivity index (χ0n) is 13.9. The highest BCUT2D eigenvalue weighted by atomic mass is 35.5. The van der Waals surface area contributed by atoms with Gasteiger partial charge in [-0.25, -0.2) is 9.97 Å². The molecule has 2 aromatic carbocycles. The van der Waals surface area contributed by atoms with Crippen LogP contribution in [0.3, 0.4) is 0 Å². The molecule has 0 atom stereocenters. The van der Waals surface area contributed by atoms with Crippen molar-refractivity contribution in [3.8, 4) is 0 Å². The minimum atomic E-state index is 0.0402. The Labute approximate surface area is 151 Å². The van der Waals surface area contributed by atoms with Crippen LogP contribution in [0.4, 0.5) is 23.0 Å². The second kappa shape index (κ2) is 7.32. The van der Waals surface area contributed by atoms with E-state index in [1.54, 1.807) is 19.1 Å². The van der Waals surface area contributed by atoms with Gasteiger partial charge < -0.3 is 10.6 Å². The van der Waals surface area contributed by atoms with E-state index in [1.165, 1.54) is 6.33 Å². The second-order valence-corrected chi connectivity index (χ2v) is 6.07. The molecule has 0 unspecified atom stereocenters. The van der Waals surface area contributed by atoms with Crippen molar-refractivity contribution in [3.63, 3.8) is 0 Å². The number of ketones is 1. The number of Topliss-reactive ketones (excluding diaryl/α,β-unsaturated/α-hetero) is 1. The first-order valence-corrected chi connectivity index (χ1v) is 8.12. The molecule has 1 heterocycles. The summed E-state index contributed by atoms with van der Waals surface area (Å²) in [6.45, 7) is 3.52. The van der Waals surface area contributed by atoms with Gasteiger partial charge in [-0.15, -0.1) is 0 Å². The minimum absolute atomic E-state index is 0.0402. The molecule has 126 valence electrons. The summed E-state index contributed by atoms with van der Waals surface area (Å²) in [5.41, 5.74) is 3.48. The molecule has 0 aliphatic heterocycles. The van der Waals surface area contributed by atoms with Crippen LogP contribution >= 0.6 is 11.6 Å². The lowest BCUT2D eigenvalue weighted by atomic mass is 10.1. The van der Waals surface area contributed by atoms with Gasteiger partial charge in [-0.2, -0.15) is 0 Å². The first-order valence-electron chi connectivity index (χ1n) is 7.74. The molecule has 1 aromatic heterocycles. The van der Waals surface area contributed by atoms with Crippen LogP contribution in [0.15, 0.2) is 54.9 Å². The molecule has 0 aliphatic rings. The van der Waals surface area contributed by atoms with Crippen LogP contribution in [0.2, 0.25) is 5.02 Å².